The number of pyridine rings is 1. The third-order valence-electron chi connectivity index (χ3n) is 8.35. The summed E-state index contributed by atoms with van der Waals surface area (Å²) in [6.07, 6.45) is 12.7. The van der Waals surface area contributed by atoms with E-state index in [0.717, 1.165) is 39.0 Å². The molecule has 1 aromatic carbocycles. The van der Waals surface area contributed by atoms with Gasteiger partial charge in [0.1, 0.15) is 0 Å². The molecule has 4 nitrogen and oxygen atoms in total. The molecule has 32 heavy (non-hydrogen) atoms. The highest BCUT2D eigenvalue weighted by Gasteiger charge is 2.48. The van der Waals surface area contributed by atoms with Gasteiger partial charge in [-0.05, 0) is 74.8 Å². The zero-order chi connectivity index (χ0) is 21.9. The van der Waals surface area contributed by atoms with E-state index < -0.39 is 0 Å². The summed E-state index contributed by atoms with van der Waals surface area (Å²) < 4.78 is 11.9. The Morgan fingerprint density at radius 2 is 1.84 bits per heavy atom. The van der Waals surface area contributed by atoms with Crippen molar-refractivity contribution in [2.45, 2.75) is 80.8 Å². The summed E-state index contributed by atoms with van der Waals surface area (Å²) in [5.41, 5.74) is 4.39. The minimum absolute atomic E-state index is 0.0839. The van der Waals surface area contributed by atoms with E-state index in [9.17, 15) is 0 Å². The Morgan fingerprint density at radius 1 is 1.03 bits per heavy atom. The van der Waals surface area contributed by atoms with E-state index in [2.05, 4.69) is 41.7 Å². The van der Waals surface area contributed by atoms with Gasteiger partial charge in [0.05, 0.1) is 12.2 Å². The summed E-state index contributed by atoms with van der Waals surface area (Å²) in [6.45, 7) is 2.69. The fourth-order valence-electron chi connectivity index (χ4n) is 6.75. The first-order valence-electron chi connectivity index (χ1n) is 12.6. The zero-order valence-electron chi connectivity index (χ0n) is 19.5. The Morgan fingerprint density at radius 3 is 2.62 bits per heavy atom. The van der Waals surface area contributed by atoms with Gasteiger partial charge in [-0.25, -0.2) is 0 Å². The van der Waals surface area contributed by atoms with E-state index in [1.165, 1.54) is 55.3 Å². The van der Waals surface area contributed by atoms with Gasteiger partial charge in [-0.15, -0.1) is 0 Å². The fraction of sp³-hybridized carbons (Fsp3) is 0.607. The highest BCUT2D eigenvalue weighted by atomic mass is 16.5. The molecule has 2 fully saturated rings. The van der Waals surface area contributed by atoms with Crippen LogP contribution >= 0.6 is 0 Å². The Kier molecular flexibility index (Phi) is 6.64. The summed E-state index contributed by atoms with van der Waals surface area (Å²) in [7, 11) is 1.81. The second-order valence-corrected chi connectivity index (χ2v) is 10.3. The third kappa shape index (κ3) is 4.37. The van der Waals surface area contributed by atoms with Gasteiger partial charge in [0, 0.05) is 43.0 Å². The van der Waals surface area contributed by atoms with Crippen molar-refractivity contribution >= 4 is 0 Å². The monoisotopic (exact) mass is 434 g/mol. The number of hydrogen-bond acceptors (Lipinski definition) is 4. The molecule has 0 amide bonds. The molecule has 0 unspecified atom stereocenters. The van der Waals surface area contributed by atoms with Gasteiger partial charge >= 0.3 is 0 Å². The number of ether oxygens (including phenoxy) is 2. The van der Waals surface area contributed by atoms with Crippen LogP contribution in [0.4, 0.5) is 0 Å². The molecule has 5 rings (SSSR count). The molecule has 1 saturated heterocycles. The molecule has 2 aliphatic carbocycles. The first kappa shape index (κ1) is 22.1. The van der Waals surface area contributed by atoms with Gasteiger partial charge in [-0.3, -0.25) is 4.98 Å². The van der Waals surface area contributed by atoms with E-state index >= 15 is 0 Å². The van der Waals surface area contributed by atoms with Crippen LogP contribution in [-0.4, -0.2) is 37.5 Å². The molecule has 1 N–H and O–H groups in total. The molecule has 2 aromatic rings. The molecule has 0 radical (unpaired) electrons. The smallest absolute Gasteiger partial charge is 0.0691 e. The van der Waals surface area contributed by atoms with Gasteiger partial charge in [0.15, 0.2) is 0 Å². The molecule has 4 heteroatoms. The second-order valence-electron chi connectivity index (χ2n) is 10.3. The average molecular weight is 435 g/mol. The molecule has 3 aliphatic rings. The standard InChI is InChI=1S/C28H38N2O2/c1-31-20-22-11-12-25(24-9-3-2-8-23(22)24)29-18-15-27(26-10-4-7-17-30-26)16-19-32-28(21-27)13-5-6-14-28/h2-4,7-10,17,22,25,29H,5-6,11-16,18-21H2,1H3/t22-,25+,27-/m1/s1. The largest absolute Gasteiger partial charge is 0.384 e. The van der Waals surface area contributed by atoms with Crippen LogP contribution in [0.15, 0.2) is 48.7 Å². The van der Waals surface area contributed by atoms with Crippen LogP contribution in [0, 0.1) is 0 Å². The number of nitrogens with one attached hydrogen (secondary N) is 1. The van der Waals surface area contributed by atoms with Crippen LogP contribution in [-0.2, 0) is 14.9 Å². The number of aromatic nitrogens is 1. The normalized spacial score (nSPS) is 29.2. The molecular weight excluding hydrogens is 396 g/mol. The van der Waals surface area contributed by atoms with Crippen LogP contribution in [0.1, 0.15) is 86.6 Å². The van der Waals surface area contributed by atoms with Crippen LogP contribution in [0.3, 0.4) is 0 Å². The van der Waals surface area contributed by atoms with Crippen LogP contribution in [0.5, 0.6) is 0 Å². The molecule has 0 bridgehead atoms. The molecule has 3 atom stereocenters. The molecule has 1 aliphatic heterocycles. The first-order valence-corrected chi connectivity index (χ1v) is 12.6. The Hall–Kier alpha value is -1.75. The highest BCUT2D eigenvalue weighted by molar-refractivity contribution is 5.35. The van der Waals surface area contributed by atoms with Crippen LogP contribution in [0.25, 0.3) is 0 Å². The second kappa shape index (κ2) is 9.62. The van der Waals surface area contributed by atoms with Crippen molar-refractivity contribution in [1.29, 1.82) is 0 Å². The third-order valence-corrected chi connectivity index (χ3v) is 8.35. The van der Waals surface area contributed by atoms with E-state index in [1.54, 1.807) is 0 Å². The predicted molar refractivity (Wildman–Crippen MR) is 128 cm³/mol. The average Bonchev–Trinajstić information content (AvgIpc) is 3.28. The van der Waals surface area contributed by atoms with Gasteiger partial charge in [0.25, 0.3) is 0 Å². The molecule has 172 valence electrons. The molecular formula is C28H38N2O2. The summed E-state index contributed by atoms with van der Waals surface area (Å²) >= 11 is 0. The van der Waals surface area contributed by atoms with Gasteiger partial charge < -0.3 is 14.8 Å². The Bertz CT molecular complexity index is 880. The molecule has 1 spiro atoms. The Balaban J connectivity index is 1.32. The van der Waals surface area contributed by atoms with E-state index in [0.29, 0.717) is 12.0 Å². The number of fused-ring (bicyclic) bond motifs is 1. The number of rotatable bonds is 7. The number of nitrogens with zero attached hydrogens (tertiary/aromatic N) is 1. The van der Waals surface area contributed by atoms with Gasteiger partial charge in [0.2, 0.25) is 0 Å². The van der Waals surface area contributed by atoms with Crippen molar-refractivity contribution in [1.82, 2.24) is 10.3 Å². The van der Waals surface area contributed by atoms with E-state index in [4.69, 9.17) is 14.5 Å². The summed E-state index contributed by atoms with van der Waals surface area (Å²) in [5, 5.41) is 3.95. The van der Waals surface area contributed by atoms with Gasteiger partial charge in [-0.2, -0.15) is 0 Å². The van der Waals surface area contributed by atoms with Crippen LogP contribution in [0.2, 0.25) is 0 Å². The van der Waals surface area contributed by atoms with Crippen molar-refractivity contribution in [2.24, 2.45) is 0 Å². The lowest BCUT2D eigenvalue weighted by Crippen LogP contribution is -2.47. The summed E-state index contributed by atoms with van der Waals surface area (Å²) in [6, 6.07) is 15.8. The van der Waals surface area contributed by atoms with E-state index in [-0.39, 0.29) is 11.0 Å². The number of hydrogen-bond donors (Lipinski definition) is 1. The lowest BCUT2D eigenvalue weighted by Gasteiger charge is -2.46. The van der Waals surface area contributed by atoms with Crippen molar-refractivity contribution in [3.05, 3.63) is 65.5 Å². The van der Waals surface area contributed by atoms with Crippen molar-refractivity contribution < 1.29 is 9.47 Å². The minimum Gasteiger partial charge on any atom is -0.384 e. The number of benzene rings is 1. The summed E-state index contributed by atoms with van der Waals surface area (Å²) in [4.78, 5) is 4.86. The maximum atomic E-state index is 6.42. The maximum Gasteiger partial charge on any atom is 0.0691 e. The number of methoxy groups -OCH3 is 1. The first-order chi connectivity index (χ1) is 15.7. The van der Waals surface area contributed by atoms with Crippen LogP contribution < -0.4 is 5.32 Å². The quantitative estimate of drug-likeness (QED) is 0.608. The lowest BCUT2D eigenvalue weighted by molar-refractivity contribution is -0.104. The van der Waals surface area contributed by atoms with Crippen molar-refractivity contribution in [3.63, 3.8) is 0 Å². The van der Waals surface area contributed by atoms with Crippen molar-refractivity contribution in [2.75, 3.05) is 26.9 Å². The SMILES string of the molecule is COC[C@H]1CC[C@H](NCC[C@@]2(c3ccccn3)CCOC3(CCCC3)C2)c2ccccc21. The van der Waals surface area contributed by atoms with Crippen molar-refractivity contribution in [3.8, 4) is 0 Å². The zero-order valence-corrected chi connectivity index (χ0v) is 19.5. The minimum atomic E-state index is 0.0839. The Labute approximate surface area is 193 Å². The maximum absolute atomic E-state index is 6.42. The lowest BCUT2D eigenvalue weighted by atomic mass is 9.68. The molecule has 1 saturated carbocycles. The molecule has 2 heterocycles. The fourth-order valence-corrected chi connectivity index (χ4v) is 6.75. The van der Waals surface area contributed by atoms with E-state index in [1.807, 2.05) is 19.4 Å². The van der Waals surface area contributed by atoms with Gasteiger partial charge in [-0.1, -0.05) is 43.2 Å². The topological polar surface area (TPSA) is 43.4 Å². The highest BCUT2D eigenvalue weighted by Crippen LogP contribution is 2.49. The molecule has 1 aromatic heterocycles. The predicted octanol–water partition coefficient (Wildman–Crippen LogP) is 5.69. The summed E-state index contributed by atoms with van der Waals surface area (Å²) in [5.74, 6) is 0.520.